The minimum Gasteiger partial charge on any atom is -0.493 e. The zero-order valence-electron chi connectivity index (χ0n) is 20.1. The van der Waals surface area contributed by atoms with E-state index < -0.39 is 17.7 Å². The van der Waals surface area contributed by atoms with E-state index in [4.69, 9.17) is 14.6 Å². The fourth-order valence-corrected chi connectivity index (χ4v) is 3.60. The molecule has 0 bridgehead atoms. The molecule has 0 saturated heterocycles. The smallest absolute Gasteiger partial charge is 0.222 e. The standard InChI is InChI=1S/C25H36F2N4O3/c1-4-18(14-29-3)15-30-10-8-19(7-9-28-2)6-5-11-33-20-12-22(26)24(23(27)13-20)25-31-16-21(17-32)34-25/h12-15,19,21,28,32H,3-11,16-17H2,1-2H3/b18-14-,30-15?. The highest BCUT2D eigenvalue weighted by Gasteiger charge is 2.26. The van der Waals surface area contributed by atoms with Crippen molar-refractivity contribution in [3.05, 3.63) is 41.1 Å². The number of hydrogen-bond donors (Lipinski definition) is 2. The SMILES string of the molecule is C=N/C=C(\C=NCCC(CCCOc1cc(F)c(C2=NCC(CO)O2)c(F)c1)CCNC)CC. The molecule has 1 aromatic rings. The van der Waals surface area contributed by atoms with Gasteiger partial charge in [0.2, 0.25) is 5.90 Å². The summed E-state index contributed by atoms with van der Waals surface area (Å²) in [5, 5.41) is 12.3. The highest BCUT2D eigenvalue weighted by Crippen LogP contribution is 2.25. The lowest BCUT2D eigenvalue weighted by atomic mass is 9.96. The van der Waals surface area contributed by atoms with E-state index in [2.05, 4.69) is 27.0 Å². The maximum absolute atomic E-state index is 14.5. The van der Waals surface area contributed by atoms with Gasteiger partial charge in [0.05, 0.1) is 19.8 Å². The van der Waals surface area contributed by atoms with Crippen molar-refractivity contribution < 1.29 is 23.4 Å². The molecular weight excluding hydrogens is 442 g/mol. The second-order valence-electron chi connectivity index (χ2n) is 8.14. The van der Waals surface area contributed by atoms with Gasteiger partial charge in [0, 0.05) is 31.1 Å². The lowest BCUT2D eigenvalue weighted by Gasteiger charge is -2.16. The van der Waals surface area contributed by atoms with E-state index in [0.717, 1.165) is 62.9 Å². The Morgan fingerprint density at radius 2 is 2.12 bits per heavy atom. The predicted molar refractivity (Wildman–Crippen MR) is 132 cm³/mol. The van der Waals surface area contributed by atoms with Crippen LogP contribution in [0, 0.1) is 17.6 Å². The van der Waals surface area contributed by atoms with E-state index >= 15 is 0 Å². The zero-order valence-corrected chi connectivity index (χ0v) is 20.1. The molecule has 0 fully saturated rings. The molecule has 188 valence electrons. The number of nitrogens with zero attached hydrogens (tertiary/aromatic N) is 3. The molecule has 7 nitrogen and oxygen atoms in total. The number of aliphatic hydroxyl groups excluding tert-OH is 1. The summed E-state index contributed by atoms with van der Waals surface area (Å²) < 4.78 is 39.9. The first-order chi connectivity index (χ1) is 16.5. The summed E-state index contributed by atoms with van der Waals surface area (Å²) in [6.07, 6.45) is 7.52. The summed E-state index contributed by atoms with van der Waals surface area (Å²) >= 11 is 0. The third kappa shape index (κ3) is 8.95. The number of rotatable bonds is 16. The second-order valence-corrected chi connectivity index (χ2v) is 8.14. The molecule has 1 aliphatic heterocycles. The van der Waals surface area contributed by atoms with Gasteiger partial charge in [-0.2, -0.15) is 0 Å². The van der Waals surface area contributed by atoms with E-state index in [1.54, 1.807) is 6.20 Å². The van der Waals surface area contributed by atoms with Crippen LogP contribution in [0.5, 0.6) is 5.75 Å². The van der Waals surface area contributed by atoms with Crippen molar-refractivity contribution in [1.29, 1.82) is 0 Å². The molecule has 0 aliphatic carbocycles. The van der Waals surface area contributed by atoms with Gasteiger partial charge in [-0.05, 0) is 63.9 Å². The molecule has 2 N–H and O–H groups in total. The Morgan fingerprint density at radius 3 is 2.74 bits per heavy atom. The molecule has 2 rings (SSSR count). The van der Waals surface area contributed by atoms with Crippen LogP contribution in [0.15, 0.2) is 38.9 Å². The van der Waals surface area contributed by atoms with Crippen LogP contribution in [0.1, 0.15) is 44.6 Å². The van der Waals surface area contributed by atoms with E-state index in [9.17, 15) is 8.78 Å². The average Bonchev–Trinajstić information content (AvgIpc) is 3.29. The number of nitrogens with one attached hydrogen (secondary N) is 1. The predicted octanol–water partition coefficient (Wildman–Crippen LogP) is 3.94. The van der Waals surface area contributed by atoms with E-state index in [1.165, 1.54) is 0 Å². The molecule has 2 atom stereocenters. The topological polar surface area (TPSA) is 87.8 Å². The Hall–Kier alpha value is -2.65. The first-order valence-electron chi connectivity index (χ1n) is 11.8. The van der Waals surface area contributed by atoms with Gasteiger partial charge in [0.1, 0.15) is 29.1 Å². The van der Waals surface area contributed by atoms with Gasteiger partial charge in [-0.25, -0.2) is 13.8 Å². The molecular formula is C25H36F2N4O3. The van der Waals surface area contributed by atoms with Crippen LogP contribution >= 0.6 is 0 Å². The Balaban J connectivity index is 1.83. The summed E-state index contributed by atoms with van der Waals surface area (Å²) in [7, 11) is 1.93. The number of ether oxygens (including phenoxy) is 2. The fourth-order valence-electron chi connectivity index (χ4n) is 3.60. The molecule has 0 radical (unpaired) electrons. The minimum atomic E-state index is -0.802. The van der Waals surface area contributed by atoms with E-state index in [0.29, 0.717) is 12.5 Å². The third-order valence-electron chi connectivity index (χ3n) is 5.57. The molecule has 0 aromatic heterocycles. The van der Waals surface area contributed by atoms with Gasteiger partial charge in [-0.3, -0.25) is 9.98 Å². The van der Waals surface area contributed by atoms with Crippen molar-refractivity contribution in [2.24, 2.45) is 20.9 Å². The number of aliphatic imine (C=N–C) groups is 3. The molecule has 0 amide bonds. The molecule has 0 saturated carbocycles. The van der Waals surface area contributed by atoms with Crippen molar-refractivity contribution >= 4 is 18.8 Å². The Labute approximate surface area is 200 Å². The molecule has 2 unspecified atom stereocenters. The van der Waals surface area contributed by atoms with E-state index in [-0.39, 0.29) is 30.4 Å². The number of halogens is 2. The van der Waals surface area contributed by atoms with Crippen LogP contribution in [-0.4, -0.2) is 69.9 Å². The summed E-state index contributed by atoms with van der Waals surface area (Å²) in [4.78, 5) is 12.3. The first-order valence-corrected chi connectivity index (χ1v) is 11.8. The monoisotopic (exact) mass is 478 g/mol. The van der Waals surface area contributed by atoms with Crippen LogP contribution < -0.4 is 10.1 Å². The minimum absolute atomic E-state index is 0.127. The van der Waals surface area contributed by atoms with Crippen molar-refractivity contribution in [2.75, 3.05) is 39.9 Å². The highest BCUT2D eigenvalue weighted by atomic mass is 19.1. The van der Waals surface area contributed by atoms with Crippen molar-refractivity contribution in [1.82, 2.24) is 5.32 Å². The van der Waals surface area contributed by atoms with Crippen LogP contribution in [0.4, 0.5) is 8.78 Å². The van der Waals surface area contributed by atoms with Gasteiger partial charge in [-0.1, -0.05) is 6.92 Å². The van der Waals surface area contributed by atoms with Gasteiger partial charge >= 0.3 is 0 Å². The molecule has 0 spiro atoms. The summed E-state index contributed by atoms with van der Waals surface area (Å²) in [5.74, 6) is -1.14. The molecule has 9 heteroatoms. The van der Waals surface area contributed by atoms with Gasteiger partial charge in [0.15, 0.2) is 0 Å². The van der Waals surface area contributed by atoms with Gasteiger partial charge in [0.25, 0.3) is 0 Å². The molecule has 1 aromatic carbocycles. The number of allylic oxidation sites excluding steroid dienone is 1. The van der Waals surface area contributed by atoms with Crippen LogP contribution in [0.2, 0.25) is 0 Å². The van der Waals surface area contributed by atoms with Gasteiger partial charge < -0.3 is 19.9 Å². The van der Waals surface area contributed by atoms with Crippen LogP contribution in [0.25, 0.3) is 0 Å². The average molecular weight is 479 g/mol. The normalized spacial score (nSPS) is 17.0. The number of aliphatic hydroxyl groups is 1. The maximum Gasteiger partial charge on any atom is 0.222 e. The lowest BCUT2D eigenvalue weighted by Crippen LogP contribution is -2.19. The van der Waals surface area contributed by atoms with Gasteiger partial charge in [-0.15, -0.1) is 0 Å². The van der Waals surface area contributed by atoms with Crippen molar-refractivity contribution in [2.45, 2.75) is 45.1 Å². The Kier molecular flexibility index (Phi) is 12.4. The maximum atomic E-state index is 14.5. The van der Waals surface area contributed by atoms with Crippen LogP contribution in [-0.2, 0) is 4.74 Å². The second kappa shape index (κ2) is 15.3. The summed E-state index contributed by atoms with van der Waals surface area (Å²) in [5.41, 5.74) is 0.710. The molecule has 34 heavy (non-hydrogen) atoms. The Morgan fingerprint density at radius 1 is 1.35 bits per heavy atom. The summed E-state index contributed by atoms with van der Waals surface area (Å²) in [6.45, 7) is 7.43. The van der Waals surface area contributed by atoms with Crippen LogP contribution in [0.3, 0.4) is 0 Å². The third-order valence-corrected chi connectivity index (χ3v) is 5.57. The largest absolute Gasteiger partial charge is 0.493 e. The first kappa shape index (κ1) is 27.6. The summed E-state index contributed by atoms with van der Waals surface area (Å²) in [6, 6.07) is 2.28. The van der Waals surface area contributed by atoms with E-state index in [1.807, 2.05) is 20.2 Å². The number of hydrogen-bond acceptors (Lipinski definition) is 7. The quantitative estimate of drug-likeness (QED) is 0.278. The molecule has 1 heterocycles. The highest BCUT2D eigenvalue weighted by molar-refractivity contribution is 5.95. The van der Waals surface area contributed by atoms with Crippen molar-refractivity contribution in [3.63, 3.8) is 0 Å². The lowest BCUT2D eigenvalue weighted by molar-refractivity contribution is 0.129. The van der Waals surface area contributed by atoms with Crippen molar-refractivity contribution in [3.8, 4) is 5.75 Å². The zero-order chi connectivity index (χ0) is 24.8. The Bertz CT molecular complexity index is 851. The molecule has 1 aliphatic rings. The fraction of sp³-hybridized carbons (Fsp3) is 0.560. The number of benzene rings is 1.